The third kappa shape index (κ3) is 4.20. The Kier molecular flexibility index (Phi) is 6.64. The zero-order valence-corrected chi connectivity index (χ0v) is 22.4. The van der Waals surface area contributed by atoms with Gasteiger partial charge in [-0.25, -0.2) is 0 Å². The van der Waals surface area contributed by atoms with Crippen molar-refractivity contribution in [1.29, 1.82) is 0 Å². The Balaban J connectivity index is 1.50. The molecule has 0 N–H and O–H groups in total. The van der Waals surface area contributed by atoms with Gasteiger partial charge in [-0.2, -0.15) is 0 Å². The van der Waals surface area contributed by atoms with Gasteiger partial charge in [-0.15, -0.1) is 0 Å². The van der Waals surface area contributed by atoms with Gasteiger partial charge in [0.1, 0.15) is 5.75 Å². The van der Waals surface area contributed by atoms with Gasteiger partial charge in [0.25, 0.3) is 17.7 Å². The molecule has 0 saturated carbocycles. The zero-order chi connectivity index (χ0) is 25.4. The summed E-state index contributed by atoms with van der Waals surface area (Å²) in [6.45, 7) is 0.129. The first-order chi connectivity index (χ1) is 17.4. The minimum Gasteiger partial charge on any atom is -0.497 e. The fraction of sp³-hybridized carbons (Fsp3) is 0.107. The number of halogens is 2. The minimum absolute atomic E-state index is 0.0248. The summed E-state index contributed by atoms with van der Waals surface area (Å²) in [6, 6.07) is 23.2. The Morgan fingerprint density at radius 2 is 1.58 bits per heavy atom. The second-order valence-corrected chi connectivity index (χ2v) is 9.93. The normalized spacial score (nSPS) is 12.7. The lowest BCUT2D eigenvalue weighted by Gasteiger charge is -2.30. The second-order valence-electron chi connectivity index (χ2n) is 8.22. The molecule has 36 heavy (non-hydrogen) atoms. The number of anilines is 1. The highest BCUT2D eigenvalue weighted by Gasteiger charge is 2.34. The van der Waals surface area contributed by atoms with E-state index in [2.05, 4.69) is 31.9 Å². The summed E-state index contributed by atoms with van der Waals surface area (Å²) in [5, 5.41) is 1.46. The number of amides is 3. The first kappa shape index (κ1) is 24.2. The fourth-order valence-electron chi connectivity index (χ4n) is 4.42. The number of ether oxygens (including phenoxy) is 1. The van der Waals surface area contributed by atoms with Gasteiger partial charge < -0.3 is 9.64 Å². The van der Waals surface area contributed by atoms with Crippen molar-refractivity contribution in [1.82, 2.24) is 4.90 Å². The average molecular weight is 608 g/mol. The number of carbonyl (C=O) groups is 3. The van der Waals surface area contributed by atoms with Crippen molar-refractivity contribution >= 4 is 66.0 Å². The maximum atomic E-state index is 13.7. The summed E-state index contributed by atoms with van der Waals surface area (Å²) in [7, 11) is 1.56. The van der Waals surface area contributed by atoms with Gasteiger partial charge in [-0.3, -0.25) is 19.3 Å². The molecule has 0 aromatic heterocycles. The van der Waals surface area contributed by atoms with E-state index in [0.717, 1.165) is 9.86 Å². The standard InChI is InChI=1S/C28H20Br2N2O4/c1-36-18-7-4-6-17(16-18)31(26(33)20-8-2-3-11-23(20)29)14-15-32-27(34)21-10-5-9-19-24(30)13-12-22(25(19)21)28(32)35/h2-13,16H,14-15H2,1H3. The smallest absolute Gasteiger partial charge is 0.261 e. The number of imide groups is 1. The van der Waals surface area contributed by atoms with Crippen LogP contribution < -0.4 is 9.64 Å². The third-order valence-corrected chi connectivity index (χ3v) is 7.58. The maximum absolute atomic E-state index is 13.7. The second kappa shape index (κ2) is 9.87. The molecule has 3 amide bonds. The van der Waals surface area contributed by atoms with Crippen LogP contribution >= 0.6 is 31.9 Å². The molecule has 0 fully saturated rings. The van der Waals surface area contributed by atoms with Gasteiger partial charge in [0.05, 0.1) is 12.7 Å². The van der Waals surface area contributed by atoms with Crippen LogP contribution in [0.1, 0.15) is 31.1 Å². The van der Waals surface area contributed by atoms with Crippen LogP contribution in [0.2, 0.25) is 0 Å². The summed E-state index contributed by atoms with van der Waals surface area (Å²) in [5.41, 5.74) is 2.00. The summed E-state index contributed by atoms with van der Waals surface area (Å²) in [6.07, 6.45) is 0. The monoisotopic (exact) mass is 606 g/mol. The van der Waals surface area contributed by atoms with Crippen molar-refractivity contribution in [3.05, 3.63) is 104 Å². The van der Waals surface area contributed by atoms with Gasteiger partial charge in [0.2, 0.25) is 0 Å². The number of benzene rings is 4. The van der Waals surface area contributed by atoms with E-state index in [1.165, 1.54) is 4.90 Å². The lowest BCUT2D eigenvalue weighted by atomic mass is 9.94. The minimum atomic E-state index is -0.380. The molecular formula is C28H20Br2N2O4. The molecule has 1 aliphatic heterocycles. The largest absolute Gasteiger partial charge is 0.497 e. The summed E-state index contributed by atoms with van der Waals surface area (Å²) in [4.78, 5) is 43.3. The molecule has 0 unspecified atom stereocenters. The third-order valence-electron chi connectivity index (χ3n) is 6.20. The van der Waals surface area contributed by atoms with Crippen molar-refractivity contribution in [3.63, 3.8) is 0 Å². The van der Waals surface area contributed by atoms with Crippen LogP contribution in [0.5, 0.6) is 5.75 Å². The molecule has 5 rings (SSSR count). The van der Waals surface area contributed by atoms with Crippen LogP contribution in [-0.2, 0) is 0 Å². The van der Waals surface area contributed by atoms with E-state index in [1.54, 1.807) is 72.7 Å². The Bertz CT molecular complexity index is 1510. The van der Waals surface area contributed by atoms with E-state index in [4.69, 9.17) is 4.74 Å². The van der Waals surface area contributed by atoms with E-state index in [0.29, 0.717) is 38.0 Å². The number of rotatable bonds is 6. The molecule has 1 aliphatic rings. The lowest BCUT2D eigenvalue weighted by Crippen LogP contribution is -2.46. The van der Waals surface area contributed by atoms with Crippen LogP contribution in [0.4, 0.5) is 5.69 Å². The first-order valence-corrected chi connectivity index (χ1v) is 12.8. The predicted octanol–water partition coefficient (Wildman–Crippen LogP) is 6.32. The molecule has 0 saturated heterocycles. The van der Waals surface area contributed by atoms with Crippen molar-refractivity contribution < 1.29 is 19.1 Å². The summed E-state index contributed by atoms with van der Waals surface area (Å²) in [5.74, 6) is -0.432. The number of nitrogens with zero attached hydrogens (tertiary/aromatic N) is 2. The van der Waals surface area contributed by atoms with Gasteiger partial charge in [0.15, 0.2) is 0 Å². The molecule has 0 radical (unpaired) electrons. The number of hydrogen-bond donors (Lipinski definition) is 0. The highest BCUT2D eigenvalue weighted by molar-refractivity contribution is 9.11. The van der Waals surface area contributed by atoms with Gasteiger partial charge in [-0.1, -0.05) is 46.3 Å². The van der Waals surface area contributed by atoms with Crippen molar-refractivity contribution in [2.75, 3.05) is 25.1 Å². The first-order valence-electron chi connectivity index (χ1n) is 11.2. The van der Waals surface area contributed by atoms with Gasteiger partial charge in [0, 0.05) is 50.3 Å². The Hall–Kier alpha value is -3.49. The lowest BCUT2D eigenvalue weighted by molar-refractivity contribution is 0.0611. The summed E-state index contributed by atoms with van der Waals surface area (Å²) >= 11 is 6.97. The molecule has 8 heteroatoms. The van der Waals surface area contributed by atoms with Gasteiger partial charge >= 0.3 is 0 Å². The Morgan fingerprint density at radius 1 is 0.861 bits per heavy atom. The van der Waals surface area contributed by atoms with Gasteiger partial charge in [-0.05, 0) is 63.8 Å². The van der Waals surface area contributed by atoms with Crippen molar-refractivity contribution in [3.8, 4) is 5.75 Å². The molecule has 1 heterocycles. The van der Waals surface area contributed by atoms with E-state index in [9.17, 15) is 14.4 Å². The molecule has 6 nitrogen and oxygen atoms in total. The quantitative estimate of drug-likeness (QED) is 0.241. The Morgan fingerprint density at radius 3 is 2.33 bits per heavy atom. The Labute approximate surface area is 224 Å². The molecule has 180 valence electrons. The zero-order valence-electron chi connectivity index (χ0n) is 19.2. The van der Waals surface area contributed by atoms with E-state index >= 15 is 0 Å². The van der Waals surface area contributed by atoms with E-state index in [1.807, 2.05) is 18.2 Å². The highest BCUT2D eigenvalue weighted by Crippen LogP contribution is 2.34. The van der Waals surface area contributed by atoms with Crippen molar-refractivity contribution in [2.24, 2.45) is 0 Å². The molecule has 0 spiro atoms. The van der Waals surface area contributed by atoms with Crippen LogP contribution in [0, 0.1) is 0 Å². The van der Waals surface area contributed by atoms with E-state index < -0.39 is 0 Å². The number of methoxy groups -OCH3 is 1. The molecule has 4 aromatic rings. The highest BCUT2D eigenvalue weighted by atomic mass is 79.9. The fourth-order valence-corrected chi connectivity index (χ4v) is 5.34. The predicted molar refractivity (Wildman–Crippen MR) is 146 cm³/mol. The van der Waals surface area contributed by atoms with E-state index in [-0.39, 0.29) is 30.8 Å². The molecule has 4 aromatic carbocycles. The summed E-state index contributed by atoms with van der Waals surface area (Å²) < 4.78 is 6.83. The molecule has 0 aliphatic carbocycles. The van der Waals surface area contributed by atoms with Crippen molar-refractivity contribution in [2.45, 2.75) is 0 Å². The van der Waals surface area contributed by atoms with Crippen LogP contribution in [0.3, 0.4) is 0 Å². The molecule has 0 bridgehead atoms. The van der Waals surface area contributed by atoms with Crippen LogP contribution in [-0.4, -0.2) is 42.8 Å². The maximum Gasteiger partial charge on any atom is 0.261 e. The topological polar surface area (TPSA) is 66.9 Å². The number of hydrogen-bond acceptors (Lipinski definition) is 4. The number of carbonyl (C=O) groups excluding carboxylic acids is 3. The van der Waals surface area contributed by atoms with Crippen LogP contribution in [0.25, 0.3) is 10.8 Å². The van der Waals surface area contributed by atoms with Crippen LogP contribution in [0.15, 0.2) is 87.8 Å². The molecular weight excluding hydrogens is 588 g/mol. The SMILES string of the molecule is COc1cccc(N(CCN2C(=O)c3cccc4c(Br)ccc(c34)C2=O)C(=O)c2ccccc2Br)c1. The molecule has 0 atom stereocenters. The average Bonchev–Trinajstić information content (AvgIpc) is 2.90.